The number of ketones is 1. The molecule has 2 aromatic rings. The molecule has 164 valence electrons. The standard InChI is InChI=1S/C23H26Br2Cl2O3/c24-15-21(17-3-7-19(8-4-17)29-13-1-11-26)23(28)22(16-25)18-5-9-20(10-6-18)30-14-2-12-27/h3-10,21-22H,1-2,11-16H2. The SMILES string of the molecule is O=C(C(CBr)c1ccc(OCCCCl)cc1)C(CBr)c1ccc(OCCCCl)cc1. The predicted molar refractivity (Wildman–Crippen MR) is 133 cm³/mol. The van der Waals surface area contributed by atoms with Gasteiger partial charge in [0.1, 0.15) is 17.3 Å². The fraction of sp³-hybridized carbons (Fsp3) is 0.435. The molecule has 7 heteroatoms. The van der Waals surface area contributed by atoms with Gasteiger partial charge in [-0.2, -0.15) is 0 Å². The molecule has 0 saturated carbocycles. The van der Waals surface area contributed by atoms with Crippen LogP contribution in [0.3, 0.4) is 0 Å². The maximum absolute atomic E-state index is 13.3. The van der Waals surface area contributed by atoms with E-state index >= 15 is 0 Å². The third-order valence-electron chi connectivity index (χ3n) is 4.65. The zero-order valence-corrected chi connectivity index (χ0v) is 21.4. The molecule has 0 aliphatic heterocycles. The second-order valence-corrected chi connectivity index (χ2v) is 8.79. The monoisotopic (exact) mass is 578 g/mol. The van der Waals surface area contributed by atoms with E-state index in [4.69, 9.17) is 32.7 Å². The molecular weight excluding hydrogens is 555 g/mol. The molecule has 0 aliphatic rings. The Bertz CT molecular complexity index is 691. The van der Waals surface area contributed by atoms with E-state index in [-0.39, 0.29) is 17.6 Å². The normalized spacial score (nSPS) is 12.9. The molecule has 0 aliphatic carbocycles. The van der Waals surface area contributed by atoms with Crippen LogP contribution in [-0.4, -0.2) is 41.4 Å². The van der Waals surface area contributed by atoms with Crippen LogP contribution < -0.4 is 9.47 Å². The fourth-order valence-electron chi connectivity index (χ4n) is 2.98. The minimum atomic E-state index is -0.246. The maximum atomic E-state index is 13.3. The minimum Gasteiger partial charge on any atom is -0.494 e. The molecule has 0 radical (unpaired) electrons. The largest absolute Gasteiger partial charge is 0.494 e. The molecule has 3 nitrogen and oxygen atoms in total. The second kappa shape index (κ2) is 14.3. The molecule has 0 spiro atoms. The van der Waals surface area contributed by atoms with Crippen LogP contribution in [0.4, 0.5) is 0 Å². The molecule has 0 bridgehead atoms. The summed E-state index contributed by atoms with van der Waals surface area (Å²) in [5.41, 5.74) is 1.93. The number of hydrogen-bond donors (Lipinski definition) is 0. The van der Waals surface area contributed by atoms with E-state index in [1.54, 1.807) is 0 Å². The highest BCUT2D eigenvalue weighted by Crippen LogP contribution is 2.31. The van der Waals surface area contributed by atoms with Gasteiger partial charge >= 0.3 is 0 Å². The number of Topliss-reactive ketones (excluding diaryl/α,β-unsaturated/α-hetero) is 1. The fourth-order valence-corrected chi connectivity index (χ4v) is 4.59. The summed E-state index contributed by atoms with van der Waals surface area (Å²) in [6.45, 7) is 1.17. The first-order valence-electron chi connectivity index (χ1n) is 9.87. The summed E-state index contributed by atoms with van der Waals surface area (Å²) in [4.78, 5) is 13.3. The van der Waals surface area contributed by atoms with Crippen LogP contribution in [0, 0.1) is 0 Å². The van der Waals surface area contributed by atoms with Crippen molar-refractivity contribution in [2.24, 2.45) is 0 Å². The summed E-state index contributed by atoms with van der Waals surface area (Å²) < 4.78 is 11.3. The lowest BCUT2D eigenvalue weighted by Gasteiger charge is -2.21. The molecule has 2 rings (SSSR count). The quantitative estimate of drug-likeness (QED) is 0.180. The van der Waals surface area contributed by atoms with E-state index in [9.17, 15) is 4.79 Å². The molecule has 0 saturated heterocycles. The highest BCUT2D eigenvalue weighted by Gasteiger charge is 2.28. The molecule has 0 aromatic heterocycles. The molecule has 2 atom stereocenters. The number of carbonyl (C=O) groups excluding carboxylic acids is 1. The van der Waals surface area contributed by atoms with Crippen LogP contribution in [0.25, 0.3) is 0 Å². The Morgan fingerprint density at radius 2 is 1.10 bits per heavy atom. The molecule has 0 heterocycles. The van der Waals surface area contributed by atoms with Gasteiger partial charge in [-0.1, -0.05) is 56.1 Å². The number of alkyl halides is 4. The lowest BCUT2D eigenvalue weighted by Crippen LogP contribution is -2.23. The van der Waals surface area contributed by atoms with Gasteiger partial charge in [-0.3, -0.25) is 4.79 Å². The lowest BCUT2D eigenvalue weighted by molar-refractivity contribution is -0.121. The summed E-state index contributed by atoms with van der Waals surface area (Å²) in [5.74, 6) is 2.39. The molecule has 0 fully saturated rings. The van der Waals surface area contributed by atoms with Crippen LogP contribution in [0.5, 0.6) is 11.5 Å². The molecule has 2 aromatic carbocycles. The number of ether oxygens (including phenoxy) is 2. The zero-order valence-electron chi connectivity index (χ0n) is 16.7. The van der Waals surface area contributed by atoms with Gasteiger partial charge < -0.3 is 9.47 Å². The van der Waals surface area contributed by atoms with E-state index in [1.807, 2.05) is 48.5 Å². The van der Waals surface area contributed by atoms with Crippen LogP contribution in [-0.2, 0) is 4.79 Å². The van der Waals surface area contributed by atoms with Gasteiger partial charge in [0, 0.05) is 22.4 Å². The van der Waals surface area contributed by atoms with Crippen molar-refractivity contribution in [2.45, 2.75) is 24.7 Å². The predicted octanol–water partition coefficient (Wildman–Crippen LogP) is 6.93. The van der Waals surface area contributed by atoms with Gasteiger partial charge in [-0.25, -0.2) is 0 Å². The summed E-state index contributed by atoms with van der Waals surface area (Å²) in [7, 11) is 0. The van der Waals surface area contributed by atoms with Crippen LogP contribution in [0.15, 0.2) is 48.5 Å². The Morgan fingerprint density at radius 1 is 0.733 bits per heavy atom. The van der Waals surface area contributed by atoms with E-state index < -0.39 is 0 Å². The molecular formula is C23H26Br2Cl2O3. The van der Waals surface area contributed by atoms with Gasteiger partial charge in [0.15, 0.2) is 0 Å². The van der Waals surface area contributed by atoms with Gasteiger partial charge in [-0.15, -0.1) is 23.2 Å². The van der Waals surface area contributed by atoms with E-state index in [0.29, 0.717) is 35.6 Å². The second-order valence-electron chi connectivity index (χ2n) is 6.74. The third kappa shape index (κ3) is 7.74. The maximum Gasteiger partial charge on any atom is 0.149 e. The number of hydrogen-bond acceptors (Lipinski definition) is 3. The van der Waals surface area contributed by atoms with Crippen molar-refractivity contribution in [1.82, 2.24) is 0 Å². The van der Waals surface area contributed by atoms with E-state index in [0.717, 1.165) is 35.5 Å². The average Bonchev–Trinajstić information content (AvgIpc) is 2.77. The van der Waals surface area contributed by atoms with Crippen molar-refractivity contribution in [2.75, 3.05) is 35.6 Å². The van der Waals surface area contributed by atoms with Crippen molar-refractivity contribution in [3.63, 3.8) is 0 Å². The van der Waals surface area contributed by atoms with Crippen molar-refractivity contribution in [3.05, 3.63) is 59.7 Å². The third-order valence-corrected chi connectivity index (χ3v) is 6.48. The molecule has 2 unspecified atom stereocenters. The van der Waals surface area contributed by atoms with Gasteiger partial charge in [0.2, 0.25) is 0 Å². The Kier molecular flexibility index (Phi) is 12.2. The van der Waals surface area contributed by atoms with Crippen molar-refractivity contribution >= 4 is 60.8 Å². The summed E-state index contributed by atoms with van der Waals surface area (Å²) >= 11 is 18.4. The zero-order chi connectivity index (χ0) is 21.8. The average molecular weight is 581 g/mol. The highest BCUT2D eigenvalue weighted by molar-refractivity contribution is 9.09. The summed E-state index contributed by atoms with van der Waals surface area (Å²) in [6, 6.07) is 15.5. The number of halogens is 4. The smallest absolute Gasteiger partial charge is 0.149 e. The van der Waals surface area contributed by atoms with Gasteiger partial charge in [0.05, 0.1) is 25.0 Å². The Balaban J connectivity index is 2.08. The summed E-state index contributed by atoms with van der Waals surface area (Å²) in [6.07, 6.45) is 1.60. The van der Waals surface area contributed by atoms with E-state index in [2.05, 4.69) is 31.9 Å². The van der Waals surface area contributed by atoms with Crippen molar-refractivity contribution < 1.29 is 14.3 Å². The van der Waals surface area contributed by atoms with Gasteiger partial charge in [-0.05, 0) is 48.2 Å². The van der Waals surface area contributed by atoms with Crippen molar-refractivity contribution in [3.8, 4) is 11.5 Å². The van der Waals surface area contributed by atoms with E-state index in [1.165, 1.54) is 0 Å². The summed E-state index contributed by atoms with van der Waals surface area (Å²) in [5, 5.41) is 1.11. The first kappa shape index (κ1) is 25.5. The minimum absolute atomic E-state index is 0.162. The lowest BCUT2D eigenvalue weighted by atomic mass is 9.86. The van der Waals surface area contributed by atoms with Crippen LogP contribution in [0.1, 0.15) is 35.8 Å². The Hall–Kier alpha value is -0.750. The molecule has 0 amide bonds. The molecule has 30 heavy (non-hydrogen) atoms. The number of carbonyl (C=O) groups is 1. The first-order chi connectivity index (χ1) is 14.6. The molecule has 0 N–H and O–H groups in total. The Labute approximate surface area is 205 Å². The van der Waals surface area contributed by atoms with Crippen molar-refractivity contribution in [1.29, 1.82) is 0 Å². The van der Waals surface area contributed by atoms with Gasteiger partial charge in [0.25, 0.3) is 0 Å². The topological polar surface area (TPSA) is 35.5 Å². The number of rotatable bonds is 14. The van der Waals surface area contributed by atoms with Crippen LogP contribution in [0.2, 0.25) is 0 Å². The highest BCUT2D eigenvalue weighted by atomic mass is 79.9. The first-order valence-corrected chi connectivity index (χ1v) is 13.2. The Morgan fingerprint density at radius 3 is 1.40 bits per heavy atom. The number of benzene rings is 2. The van der Waals surface area contributed by atoms with Crippen LogP contribution >= 0.6 is 55.1 Å².